The van der Waals surface area contributed by atoms with Crippen LogP contribution in [0.15, 0.2) is 18.2 Å². The second-order valence-electron chi connectivity index (χ2n) is 6.63. The minimum atomic E-state index is 0.338. The summed E-state index contributed by atoms with van der Waals surface area (Å²) in [5.41, 5.74) is 1.74. The average molecular weight is 330 g/mol. The monoisotopic (exact) mass is 330 g/mol. The van der Waals surface area contributed by atoms with Gasteiger partial charge >= 0.3 is 0 Å². The van der Waals surface area contributed by atoms with E-state index in [-0.39, 0.29) is 0 Å². The molecule has 1 aliphatic carbocycles. The maximum absolute atomic E-state index is 9.29. The highest BCUT2D eigenvalue weighted by molar-refractivity contribution is 5.45. The van der Waals surface area contributed by atoms with Crippen LogP contribution in [0.4, 0.5) is 0 Å². The largest absolute Gasteiger partial charge is 0.495 e. The van der Waals surface area contributed by atoms with E-state index in [0.29, 0.717) is 29.4 Å². The fourth-order valence-corrected chi connectivity index (χ4v) is 4.11. The number of benzene rings is 1. The Hall–Kier alpha value is -1.61. The van der Waals surface area contributed by atoms with E-state index in [0.717, 1.165) is 38.3 Å². The molecule has 1 aromatic rings. The summed E-state index contributed by atoms with van der Waals surface area (Å²) in [6.45, 7) is 3.29. The maximum atomic E-state index is 9.29. The molecule has 3 rings (SSSR count). The van der Waals surface area contributed by atoms with Gasteiger partial charge in [0, 0.05) is 32.2 Å². The number of nitriles is 1. The molecule has 0 aromatic heterocycles. The molecule has 5 heteroatoms. The molecular weight excluding hydrogens is 304 g/mol. The molecule has 0 N–H and O–H groups in total. The molecule has 1 aliphatic heterocycles. The number of nitrogens with zero attached hydrogens (tertiary/aromatic N) is 2. The zero-order valence-electron chi connectivity index (χ0n) is 14.5. The molecule has 1 saturated heterocycles. The first-order valence-corrected chi connectivity index (χ1v) is 8.68. The molecule has 0 bridgehead atoms. The van der Waals surface area contributed by atoms with E-state index in [1.165, 1.54) is 12.8 Å². The molecular formula is C19H26N2O3. The highest BCUT2D eigenvalue weighted by atomic mass is 16.5. The van der Waals surface area contributed by atoms with Crippen LogP contribution in [0.1, 0.15) is 30.4 Å². The Bertz CT molecular complexity index is 599. The smallest absolute Gasteiger partial charge is 0.136 e. The van der Waals surface area contributed by atoms with Crippen LogP contribution in [0.25, 0.3) is 0 Å². The van der Waals surface area contributed by atoms with Crippen LogP contribution < -0.4 is 4.74 Å². The van der Waals surface area contributed by atoms with Crippen molar-refractivity contribution in [3.63, 3.8) is 0 Å². The van der Waals surface area contributed by atoms with Gasteiger partial charge < -0.3 is 14.2 Å². The van der Waals surface area contributed by atoms with Crippen molar-refractivity contribution in [1.82, 2.24) is 4.90 Å². The number of methoxy groups -OCH3 is 2. The second-order valence-corrected chi connectivity index (χ2v) is 6.63. The van der Waals surface area contributed by atoms with Crippen molar-refractivity contribution in [2.45, 2.75) is 38.0 Å². The minimum absolute atomic E-state index is 0.338. The molecule has 0 unspecified atom stereocenters. The number of morpholine rings is 1. The van der Waals surface area contributed by atoms with Gasteiger partial charge in [0.1, 0.15) is 11.8 Å². The van der Waals surface area contributed by atoms with Crippen LogP contribution in [-0.2, 0) is 16.0 Å². The highest BCUT2D eigenvalue weighted by Gasteiger charge is 2.38. The van der Waals surface area contributed by atoms with Crippen molar-refractivity contribution in [3.8, 4) is 11.8 Å². The Morgan fingerprint density at radius 1 is 1.33 bits per heavy atom. The Morgan fingerprint density at radius 3 is 2.96 bits per heavy atom. The number of hydrogen-bond acceptors (Lipinski definition) is 5. The van der Waals surface area contributed by atoms with Gasteiger partial charge in [-0.3, -0.25) is 4.90 Å². The van der Waals surface area contributed by atoms with Gasteiger partial charge in [-0.1, -0.05) is 12.5 Å². The lowest BCUT2D eigenvalue weighted by Crippen LogP contribution is -2.50. The minimum Gasteiger partial charge on any atom is -0.495 e. The van der Waals surface area contributed by atoms with Crippen molar-refractivity contribution in [3.05, 3.63) is 29.3 Å². The van der Waals surface area contributed by atoms with Crippen LogP contribution in [0.5, 0.6) is 5.75 Å². The molecule has 0 radical (unpaired) electrons. The van der Waals surface area contributed by atoms with Crippen LogP contribution in [0.3, 0.4) is 0 Å². The Balaban J connectivity index is 1.76. The molecule has 5 nitrogen and oxygen atoms in total. The van der Waals surface area contributed by atoms with E-state index in [9.17, 15) is 5.26 Å². The van der Waals surface area contributed by atoms with Gasteiger partial charge in [-0.15, -0.1) is 0 Å². The summed E-state index contributed by atoms with van der Waals surface area (Å²) >= 11 is 0. The third-order valence-corrected chi connectivity index (χ3v) is 5.35. The maximum Gasteiger partial charge on any atom is 0.136 e. The third-order valence-electron chi connectivity index (χ3n) is 5.35. The Labute approximate surface area is 144 Å². The molecule has 2 aliphatic rings. The molecule has 130 valence electrons. The predicted octanol–water partition coefficient (Wildman–Crippen LogP) is 2.58. The van der Waals surface area contributed by atoms with Crippen LogP contribution in [-0.4, -0.2) is 51.0 Å². The molecule has 0 amide bonds. The molecule has 1 saturated carbocycles. The van der Waals surface area contributed by atoms with Crippen molar-refractivity contribution in [2.75, 3.05) is 34.0 Å². The van der Waals surface area contributed by atoms with Gasteiger partial charge in [-0.05, 0) is 30.5 Å². The van der Waals surface area contributed by atoms with Crippen LogP contribution in [0, 0.1) is 17.2 Å². The fraction of sp³-hybridized carbons (Fsp3) is 0.632. The zero-order chi connectivity index (χ0) is 16.9. The van der Waals surface area contributed by atoms with Crippen molar-refractivity contribution >= 4 is 0 Å². The SMILES string of the molecule is COc1ccc(CN2CCOC[C@@H]2[C@H]2CCC[C@H]2OC)cc1C#N. The molecule has 3 atom stereocenters. The lowest BCUT2D eigenvalue weighted by Gasteiger charge is -2.40. The summed E-state index contributed by atoms with van der Waals surface area (Å²) in [5.74, 6) is 1.17. The molecule has 2 fully saturated rings. The molecule has 1 heterocycles. The first-order chi connectivity index (χ1) is 11.8. The van der Waals surface area contributed by atoms with Gasteiger partial charge in [-0.2, -0.15) is 5.26 Å². The summed E-state index contributed by atoms with van der Waals surface area (Å²) in [6, 6.07) is 8.48. The van der Waals surface area contributed by atoms with Crippen molar-refractivity contribution < 1.29 is 14.2 Å². The first-order valence-electron chi connectivity index (χ1n) is 8.68. The van der Waals surface area contributed by atoms with Gasteiger partial charge in [0.15, 0.2) is 0 Å². The van der Waals surface area contributed by atoms with E-state index in [2.05, 4.69) is 17.0 Å². The quantitative estimate of drug-likeness (QED) is 0.830. The average Bonchev–Trinajstić information content (AvgIpc) is 3.10. The summed E-state index contributed by atoms with van der Waals surface area (Å²) in [6.07, 6.45) is 3.92. The van der Waals surface area contributed by atoms with E-state index >= 15 is 0 Å². The van der Waals surface area contributed by atoms with Gasteiger partial charge in [-0.25, -0.2) is 0 Å². The van der Waals surface area contributed by atoms with E-state index in [1.54, 1.807) is 7.11 Å². The van der Waals surface area contributed by atoms with Crippen molar-refractivity contribution in [2.24, 2.45) is 5.92 Å². The van der Waals surface area contributed by atoms with Gasteiger partial charge in [0.25, 0.3) is 0 Å². The van der Waals surface area contributed by atoms with Gasteiger partial charge in [0.2, 0.25) is 0 Å². The summed E-state index contributed by atoms with van der Waals surface area (Å²) in [4.78, 5) is 2.49. The normalized spacial score (nSPS) is 27.8. The highest BCUT2D eigenvalue weighted by Crippen LogP contribution is 2.34. The fourth-order valence-electron chi connectivity index (χ4n) is 4.11. The lowest BCUT2D eigenvalue weighted by atomic mass is 9.93. The summed E-state index contributed by atoms with van der Waals surface area (Å²) in [5, 5.41) is 9.29. The van der Waals surface area contributed by atoms with Crippen LogP contribution >= 0.6 is 0 Å². The second kappa shape index (κ2) is 7.98. The molecule has 1 aromatic carbocycles. The predicted molar refractivity (Wildman–Crippen MR) is 90.9 cm³/mol. The molecule has 0 spiro atoms. The molecule has 24 heavy (non-hydrogen) atoms. The topological polar surface area (TPSA) is 54.7 Å². The van der Waals surface area contributed by atoms with E-state index in [1.807, 2.05) is 19.2 Å². The third kappa shape index (κ3) is 3.56. The lowest BCUT2D eigenvalue weighted by molar-refractivity contribution is -0.0608. The Morgan fingerprint density at radius 2 is 2.21 bits per heavy atom. The zero-order valence-corrected chi connectivity index (χ0v) is 14.5. The first kappa shape index (κ1) is 17.2. The van der Waals surface area contributed by atoms with E-state index in [4.69, 9.17) is 14.2 Å². The van der Waals surface area contributed by atoms with E-state index < -0.39 is 0 Å². The number of rotatable bonds is 5. The Kier molecular flexibility index (Phi) is 5.72. The van der Waals surface area contributed by atoms with Crippen molar-refractivity contribution in [1.29, 1.82) is 5.26 Å². The number of ether oxygens (including phenoxy) is 3. The summed E-state index contributed by atoms with van der Waals surface area (Å²) < 4.78 is 16.7. The van der Waals surface area contributed by atoms with Crippen LogP contribution in [0.2, 0.25) is 0 Å². The number of hydrogen-bond donors (Lipinski definition) is 0. The summed E-state index contributed by atoms with van der Waals surface area (Å²) in [7, 11) is 3.42. The standard InChI is InChI=1S/C19H26N2O3/c1-22-18-7-6-14(10-15(18)11-20)12-21-8-9-24-13-17(21)16-4-3-5-19(16)23-2/h6-7,10,16-17,19H,3-5,8-9,12-13H2,1-2H3/t16-,17-,19-/m1/s1. The van der Waals surface area contributed by atoms with Gasteiger partial charge in [0.05, 0.1) is 32.0 Å².